The zero-order valence-corrected chi connectivity index (χ0v) is 29.4. The fraction of sp³-hybridized carbons (Fsp3) is 0.231. The molecule has 8 rings (SSSR count). The minimum atomic E-state index is -2.66. The monoisotopic (exact) mass is 781 g/mol. The second-order valence-electron chi connectivity index (χ2n) is 13.8. The number of para-hydroxylation sites is 1. The van der Waals surface area contributed by atoms with Gasteiger partial charge >= 0.3 is 0 Å². The highest BCUT2D eigenvalue weighted by molar-refractivity contribution is 6.58. The van der Waals surface area contributed by atoms with Gasteiger partial charge in [0, 0.05) is 17.3 Å². The number of allylic oxidation sites excluding steroid dienone is 2. The van der Waals surface area contributed by atoms with E-state index < -0.39 is 98.2 Å². The van der Waals surface area contributed by atoms with Gasteiger partial charge in [-0.3, -0.25) is 24.1 Å². The number of halogens is 7. The van der Waals surface area contributed by atoms with Crippen molar-refractivity contribution in [2.24, 2.45) is 17.8 Å². The topological polar surface area (TPSA) is 107 Å². The Hall–Kier alpha value is -5.27. The molecule has 276 valence electrons. The molecule has 4 amide bonds. The maximum atomic E-state index is 15.3. The Balaban J connectivity index is 1.23. The van der Waals surface area contributed by atoms with Crippen molar-refractivity contribution in [2.45, 2.75) is 35.4 Å². The standard InChI is InChI=1S/C39H26Cl2F5N3O5/c1-17-15-18(7-14-25(17)50)27-22-12-13-23-26(35(52)48(34(23)51)21-10-8-20(9-11-21)47-19-5-3-2-4-6-19)24(22)16-38(40)36(53)49(37(54)39(27,38)41)33-31(45)29(43)28(42)30(44)32(33)46/h2-12,14-15,23-24,26-27,47,50H,13,16H2,1H3. The van der Waals surface area contributed by atoms with E-state index >= 15 is 8.78 Å². The largest absolute Gasteiger partial charge is 0.508 e. The number of aromatic hydroxyl groups is 1. The molecule has 0 bridgehead atoms. The minimum Gasteiger partial charge on any atom is -0.508 e. The van der Waals surface area contributed by atoms with E-state index in [2.05, 4.69) is 5.32 Å². The van der Waals surface area contributed by atoms with Gasteiger partial charge < -0.3 is 10.4 Å². The number of nitrogens with zero attached hydrogens (tertiary/aromatic N) is 2. The highest BCUT2D eigenvalue weighted by atomic mass is 35.5. The van der Waals surface area contributed by atoms with Gasteiger partial charge in [0.05, 0.1) is 17.5 Å². The number of carbonyl (C=O) groups is 4. The maximum Gasteiger partial charge on any atom is 0.258 e. The number of hydrogen-bond acceptors (Lipinski definition) is 6. The van der Waals surface area contributed by atoms with E-state index in [4.69, 9.17) is 23.2 Å². The third-order valence-electron chi connectivity index (χ3n) is 11.0. The summed E-state index contributed by atoms with van der Waals surface area (Å²) in [6.07, 6.45) is 0.978. The summed E-state index contributed by atoms with van der Waals surface area (Å²) < 4.78 is 73.6. The van der Waals surface area contributed by atoms with Gasteiger partial charge in [0.1, 0.15) is 11.4 Å². The van der Waals surface area contributed by atoms with Gasteiger partial charge in [-0.2, -0.15) is 0 Å². The van der Waals surface area contributed by atoms with Crippen molar-refractivity contribution in [1.29, 1.82) is 0 Å². The lowest BCUT2D eigenvalue weighted by molar-refractivity contribution is -0.125. The summed E-state index contributed by atoms with van der Waals surface area (Å²) in [6.45, 7) is 1.53. The number of phenolic OH excluding ortho intramolecular Hbond substituents is 1. The number of alkyl halides is 2. The normalized spacial score (nSPS) is 27.5. The number of carbonyl (C=O) groups excluding carboxylic acids is 4. The lowest BCUT2D eigenvalue weighted by Gasteiger charge is -2.50. The molecular weight excluding hydrogens is 756 g/mol. The SMILES string of the molecule is Cc1cc(C2C3=CCC4C(=O)N(c5ccc(Nc6ccccc6)cc5)C(=O)C4C3CC3(Cl)C(=O)N(c4c(F)c(F)c(F)c(F)c4F)C(=O)C23Cl)ccc1O. The smallest absolute Gasteiger partial charge is 0.258 e. The van der Waals surface area contributed by atoms with Crippen LogP contribution >= 0.6 is 23.2 Å². The van der Waals surface area contributed by atoms with Crippen LogP contribution in [0.1, 0.15) is 29.9 Å². The molecular formula is C39H26Cl2F5N3O5. The van der Waals surface area contributed by atoms with Gasteiger partial charge in [-0.1, -0.05) is 42.0 Å². The molecule has 2 aliphatic heterocycles. The minimum absolute atomic E-state index is 0.00939. The van der Waals surface area contributed by atoms with E-state index in [-0.39, 0.29) is 28.3 Å². The van der Waals surface area contributed by atoms with Gasteiger partial charge in [-0.15, -0.1) is 23.2 Å². The molecule has 8 nitrogen and oxygen atoms in total. The second-order valence-corrected chi connectivity index (χ2v) is 15.0. The van der Waals surface area contributed by atoms with Crippen molar-refractivity contribution in [3.63, 3.8) is 0 Å². The number of phenols is 1. The van der Waals surface area contributed by atoms with E-state index in [0.29, 0.717) is 16.8 Å². The maximum absolute atomic E-state index is 15.3. The summed E-state index contributed by atoms with van der Waals surface area (Å²) >= 11 is 14.3. The van der Waals surface area contributed by atoms with Crippen LogP contribution in [0.25, 0.3) is 0 Å². The van der Waals surface area contributed by atoms with Crippen molar-refractivity contribution >= 4 is 69.6 Å². The van der Waals surface area contributed by atoms with Gasteiger partial charge in [0.25, 0.3) is 11.8 Å². The van der Waals surface area contributed by atoms with Crippen molar-refractivity contribution in [3.8, 4) is 5.75 Å². The molecule has 2 saturated heterocycles. The third-order valence-corrected chi connectivity index (χ3v) is 12.4. The number of fused-ring (bicyclic) bond motifs is 4. The van der Waals surface area contributed by atoms with Crippen LogP contribution < -0.4 is 15.1 Å². The number of imide groups is 2. The summed E-state index contributed by atoms with van der Waals surface area (Å²) in [5, 5.41) is 13.5. The lowest BCUT2D eigenvalue weighted by Crippen LogP contribution is -2.60. The molecule has 6 atom stereocenters. The van der Waals surface area contributed by atoms with Gasteiger partial charge in [0.2, 0.25) is 17.6 Å². The predicted molar refractivity (Wildman–Crippen MR) is 188 cm³/mol. The van der Waals surface area contributed by atoms with Crippen molar-refractivity contribution in [3.05, 3.63) is 125 Å². The van der Waals surface area contributed by atoms with E-state index in [1.54, 1.807) is 30.3 Å². The Morgan fingerprint density at radius 3 is 1.98 bits per heavy atom. The molecule has 2 N–H and O–H groups in total. The molecule has 6 unspecified atom stereocenters. The lowest BCUT2D eigenvalue weighted by atomic mass is 9.56. The summed E-state index contributed by atoms with van der Waals surface area (Å²) in [7, 11) is 0. The van der Waals surface area contributed by atoms with Crippen molar-refractivity contribution in [2.75, 3.05) is 15.1 Å². The van der Waals surface area contributed by atoms with E-state index in [1.807, 2.05) is 30.3 Å². The van der Waals surface area contributed by atoms with Crippen LogP contribution in [0.3, 0.4) is 0 Å². The Morgan fingerprint density at radius 2 is 1.35 bits per heavy atom. The first-order valence-electron chi connectivity index (χ1n) is 16.7. The molecule has 2 aliphatic carbocycles. The van der Waals surface area contributed by atoms with E-state index in [0.717, 1.165) is 10.6 Å². The predicted octanol–water partition coefficient (Wildman–Crippen LogP) is 7.91. The Labute approximate surface area is 313 Å². The van der Waals surface area contributed by atoms with Crippen LogP contribution in [0.2, 0.25) is 0 Å². The molecule has 0 spiro atoms. The molecule has 0 aromatic heterocycles. The highest BCUT2D eigenvalue weighted by Crippen LogP contribution is 2.66. The van der Waals surface area contributed by atoms with Gasteiger partial charge in [0.15, 0.2) is 33.0 Å². The van der Waals surface area contributed by atoms with E-state index in [1.165, 1.54) is 25.1 Å². The first-order valence-corrected chi connectivity index (χ1v) is 17.4. The van der Waals surface area contributed by atoms with Crippen LogP contribution in [0, 0.1) is 53.8 Å². The molecule has 1 saturated carbocycles. The average Bonchev–Trinajstić information content (AvgIpc) is 3.50. The number of nitrogens with one attached hydrogen (secondary N) is 1. The summed E-state index contributed by atoms with van der Waals surface area (Å²) in [6, 6.07) is 19.9. The number of benzene rings is 4. The Morgan fingerprint density at radius 1 is 0.741 bits per heavy atom. The van der Waals surface area contributed by atoms with E-state index in [9.17, 15) is 37.5 Å². The number of anilines is 4. The molecule has 15 heteroatoms. The van der Waals surface area contributed by atoms with Gasteiger partial charge in [-0.05, 0) is 79.3 Å². The number of rotatable bonds is 5. The van der Waals surface area contributed by atoms with Crippen LogP contribution in [-0.2, 0) is 19.2 Å². The number of aryl methyl sites for hydroxylation is 1. The summed E-state index contributed by atoms with van der Waals surface area (Å²) in [4.78, 5) is 52.7. The second kappa shape index (κ2) is 12.4. The quantitative estimate of drug-likeness (QED) is 0.0533. The van der Waals surface area contributed by atoms with Crippen LogP contribution in [0.5, 0.6) is 5.75 Å². The first-order chi connectivity index (χ1) is 25.6. The summed E-state index contributed by atoms with van der Waals surface area (Å²) in [5.74, 6) is -21.3. The summed E-state index contributed by atoms with van der Waals surface area (Å²) in [5.41, 5.74) is 0.681. The number of amides is 4. The third kappa shape index (κ3) is 4.80. The molecule has 3 fully saturated rings. The zero-order chi connectivity index (χ0) is 38.6. The number of hydrogen-bond donors (Lipinski definition) is 2. The molecule has 54 heavy (non-hydrogen) atoms. The average molecular weight is 783 g/mol. The fourth-order valence-corrected chi connectivity index (χ4v) is 9.37. The van der Waals surface area contributed by atoms with Crippen molar-refractivity contribution < 1.29 is 46.2 Å². The van der Waals surface area contributed by atoms with Gasteiger partial charge in [-0.25, -0.2) is 26.9 Å². The molecule has 4 aromatic rings. The van der Waals surface area contributed by atoms with Crippen LogP contribution in [-0.4, -0.2) is 38.5 Å². The van der Waals surface area contributed by atoms with Crippen molar-refractivity contribution in [1.82, 2.24) is 0 Å². The molecule has 2 heterocycles. The zero-order valence-electron chi connectivity index (χ0n) is 27.8. The Bertz CT molecular complexity index is 2330. The Kier molecular flexibility index (Phi) is 8.20. The molecule has 4 aliphatic rings. The molecule has 0 radical (unpaired) electrons. The fourth-order valence-electron chi connectivity index (χ4n) is 8.44. The molecule has 4 aromatic carbocycles. The first kappa shape index (κ1) is 35.7. The highest BCUT2D eigenvalue weighted by Gasteiger charge is 2.77. The van der Waals surface area contributed by atoms with Crippen LogP contribution in [0.4, 0.5) is 44.7 Å². The van der Waals surface area contributed by atoms with Crippen LogP contribution in [0.15, 0.2) is 84.4 Å².